The van der Waals surface area contributed by atoms with E-state index in [1.807, 2.05) is 91.0 Å². The summed E-state index contributed by atoms with van der Waals surface area (Å²) in [5.74, 6) is 0.777. The number of carbonyl (C=O) groups is 1. The normalized spacial score (nSPS) is 14.8. The van der Waals surface area contributed by atoms with Crippen LogP contribution in [-0.4, -0.2) is 28.8 Å². The fraction of sp³-hybridized carbons (Fsp3) is 0.194. The average molecular weight is 682 g/mol. The number of allylic oxidation sites excluding steroid dienone is 1. The third-order valence-electron chi connectivity index (χ3n) is 6.45. The van der Waals surface area contributed by atoms with Gasteiger partial charge in [-0.3, -0.25) is 14.2 Å². The number of phenolic OH excluding ortho intramolecular Hbond substituents is 1. The third-order valence-corrected chi connectivity index (χ3v) is 8.26. The lowest BCUT2D eigenvalue weighted by atomic mass is 9.95. The van der Waals surface area contributed by atoms with Crippen molar-refractivity contribution in [1.29, 1.82) is 0 Å². The number of thiazole rings is 1. The molecule has 0 spiro atoms. The molecule has 0 saturated heterocycles. The first-order valence-corrected chi connectivity index (χ1v) is 15.0. The molecule has 5 rings (SSSR count). The van der Waals surface area contributed by atoms with Crippen molar-refractivity contribution in [3.05, 3.63) is 112 Å². The monoisotopic (exact) mass is 681 g/mol. The molecule has 2 N–H and O–H groups in total. The number of nitrogens with one attached hydrogen (secondary N) is 1. The van der Waals surface area contributed by atoms with E-state index in [9.17, 15) is 14.7 Å². The topological polar surface area (TPSA) is 102 Å². The standard InChI is InChI=1S/C31H28IN3O5S/c1-4-39-22-13-11-20(12-14-22)27-26(29(37)34-21-9-7-6-8-10-21)18(3)33-31-35(27)30(38)25(41-31)17-19-15-23(32)28(36)24(16-19)40-5-2/h6-17,27,36H,4-5H2,1-3H3,(H,34,37)/b25-17-/t27-/m0/s1. The van der Waals surface area contributed by atoms with Crippen LogP contribution in [0.25, 0.3) is 6.08 Å². The van der Waals surface area contributed by atoms with E-state index in [1.54, 1.807) is 29.7 Å². The molecule has 4 aromatic rings. The number of fused-ring (bicyclic) bond motifs is 1. The van der Waals surface area contributed by atoms with E-state index in [2.05, 4.69) is 5.32 Å². The van der Waals surface area contributed by atoms with Gasteiger partial charge in [-0.1, -0.05) is 41.7 Å². The molecule has 1 aliphatic heterocycles. The van der Waals surface area contributed by atoms with Crippen LogP contribution in [-0.2, 0) is 4.79 Å². The van der Waals surface area contributed by atoms with Crippen LogP contribution in [0, 0.1) is 3.57 Å². The molecule has 8 nitrogen and oxygen atoms in total. The Morgan fingerprint density at radius 2 is 1.80 bits per heavy atom. The molecule has 1 aliphatic rings. The zero-order chi connectivity index (χ0) is 29.1. The number of ether oxygens (including phenoxy) is 2. The molecule has 10 heteroatoms. The summed E-state index contributed by atoms with van der Waals surface area (Å²) in [5.41, 5.74) is 2.75. The first kappa shape index (κ1) is 28.6. The van der Waals surface area contributed by atoms with E-state index in [0.29, 0.717) is 60.1 Å². The van der Waals surface area contributed by atoms with E-state index < -0.39 is 6.04 Å². The van der Waals surface area contributed by atoms with Gasteiger partial charge in [-0.15, -0.1) is 0 Å². The molecule has 41 heavy (non-hydrogen) atoms. The molecular formula is C31H28IN3O5S. The minimum atomic E-state index is -0.702. The maximum absolute atomic E-state index is 14.0. The first-order chi connectivity index (χ1) is 19.8. The molecule has 1 amide bonds. The van der Waals surface area contributed by atoms with Crippen molar-refractivity contribution in [2.45, 2.75) is 26.8 Å². The van der Waals surface area contributed by atoms with Crippen molar-refractivity contribution in [3.8, 4) is 17.2 Å². The molecule has 1 aromatic heterocycles. The van der Waals surface area contributed by atoms with E-state index in [1.165, 1.54) is 11.3 Å². The van der Waals surface area contributed by atoms with Gasteiger partial charge in [-0.2, -0.15) is 0 Å². The third kappa shape index (κ3) is 5.94. The maximum atomic E-state index is 14.0. The summed E-state index contributed by atoms with van der Waals surface area (Å²) in [7, 11) is 0. The van der Waals surface area contributed by atoms with Crippen molar-refractivity contribution in [2.24, 2.45) is 4.99 Å². The van der Waals surface area contributed by atoms with Gasteiger partial charge in [0.15, 0.2) is 16.3 Å². The van der Waals surface area contributed by atoms with Crippen LogP contribution in [0.1, 0.15) is 37.9 Å². The Kier molecular flexibility index (Phi) is 8.60. The molecule has 0 bridgehead atoms. The van der Waals surface area contributed by atoms with E-state index in [4.69, 9.17) is 14.5 Å². The largest absolute Gasteiger partial charge is 0.504 e. The Labute approximate surface area is 254 Å². The van der Waals surface area contributed by atoms with E-state index in [-0.39, 0.29) is 17.2 Å². The van der Waals surface area contributed by atoms with Crippen LogP contribution < -0.4 is 29.7 Å². The second-order valence-corrected chi connectivity index (χ2v) is 11.4. The van der Waals surface area contributed by atoms with Crippen molar-refractivity contribution >= 4 is 51.6 Å². The van der Waals surface area contributed by atoms with Gasteiger partial charge in [-0.05, 0) is 97.0 Å². The molecule has 0 radical (unpaired) electrons. The minimum Gasteiger partial charge on any atom is -0.504 e. The number of benzene rings is 3. The van der Waals surface area contributed by atoms with Gasteiger partial charge in [0.25, 0.3) is 11.5 Å². The van der Waals surface area contributed by atoms with Crippen molar-refractivity contribution in [1.82, 2.24) is 4.57 Å². The summed E-state index contributed by atoms with van der Waals surface area (Å²) in [6, 6.07) is 19.4. The van der Waals surface area contributed by atoms with E-state index in [0.717, 1.165) is 5.56 Å². The summed E-state index contributed by atoms with van der Waals surface area (Å²) in [5, 5.41) is 13.3. The summed E-state index contributed by atoms with van der Waals surface area (Å²) < 4.78 is 13.8. The highest BCUT2D eigenvalue weighted by atomic mass is 127. The SMILES string of the molecule is CCOc1ccc([C@H]2C(C(=O)Nc3ccccc3)=C(C)N=c3s/c(=C\c4cc(I)c(O)c(OCC)c4)c(=O)n32)cc1. The lowest BCUT2D eigenvalue weighted by molar-refractivity contribution is -0.113. The highest BCUT2D eigenvalue weighted by Crippen LogP contribution is 2.34. The second kappa shape index (κ2) is 12.3. The van der Waals surface area contributed by atoms with Gasteiger partial charge in [0.2, 0.25) is 0 Å². The van der Waals surface area contributed by atoms with Crippen LogP contribution in [0.15, 0.2) is 87.8 Å². The van der Waals surface area contributed by atoms with Gasteiger partial charge >= 0.3 is 0 Å². The maximum Gasteiger partial charge on any atom is 0.271 e. The number of hydrogen-bond acceptors (Lipinski definition) is 7. The highest BCUT2D eigenvalue weighted by Gasteiger charge is 2.32. The van der Waals surface area contributed by atoms with Crippen LogP contribution >= 0.6 is 33.9 Å². The average Bonchev–Trinajstić information content (AvgIpc) is 3.25. The minimum absolute atomic E-state index is 0.0613. The molecular weight excluding hydrogens is 653 g/mol. The smallest absolute Gasteiger partial charge is 0.271 e. The van der Waals surface area contributed by atoms with Crippen LogP contribution in [0.2, 0.25) is 0 Å². The van der Waals surface area contributed by atoms with Gasteiger partial charge in [-0.25, -0.2) is 4.99 Å². The molecule has 210 valence electrons. The fourth-order valence-electron chi connectivity index (χ4n) is 4.65. The van der Waals surface area contributed by atoms with Crippen LogP contribution in [0.5, 0.6) is 17.2 Å². The number of carbonyl (C=O) groups excluding carboxylic acids is 1. The lowest BCUT2D eigenvalue weighted by Gasteiger charge is -2.25. The molecule has 3 aromatic carbocycles. The molecule has 0 saturated carbocycles. The summed E-state index contributed by atoms with van der Waals surface area (Å²) in [4.78, 5) is 32.9. The Morgan fingerprint density at radius 1 is 1.10 bits per heavy atom. The Hall–Kier alpha value is -3.90. The number of halogens is 1. The molecule has 0 fully saturated rings. The number of amides is 1. The number of phenols is 1. The van der Waals surface area contributed by atoms with Crippen LogP contribution in [0.4, 0.5) is 5.69 Å². The molecule has 1 atom stereocenters. The molecule has 0 aliphatic carbocycles. The zero-order valence-electron chi connectivity index (χ0n) is 22.7. The first-order valence-electron chi connectivity index (χ1n) is 13.1. The number of anilines is 1. The van der Waals surface area contributed by atoms with E-state index >= 15 is 0 Å². The summed E-state index contributed by atoms with van der Waals surface area (Å²) in [6.07, 6.45) is 1.76. The molecule has 0 unspecified atom stereocenters. The second-order valence-electron chi connectivity index (χ2n) is 9.19. The number of aromatic nitrogens is 1. The highest BCUT2D eigenvalue weighted by molar-refractivity contribution is 14.1. The quantitative estimate of drug-likeness (QED) is 0.256. The van der Waals surface area contributed by atoms with Crippen molar-refractivity contribution < 1.29 is 19.4 Å². The fourth-order valence-corrected chi connectivity index (χ4v) is 6.33. The predicted molar refractivity (Wildman–Crippen MR) is 168 cm³/mol. The Morgan fingerprint density at radius 3 is 2.49 bits per heavy atom. The summed E-state index contributed by atoms with van der Waals surface area (Å²) >= 11 is 3.28. The number of rotatable bonds is 8. The van der Waals surface area contributed by atoms with Gasteiger partial charge in [0.05, 0.1) is 38.6 Å². The lowest BCUT2D eigenvalue weighted by Crippen LogP contribution is -2.40. The Bertz CT molecular complexity index is 1810. The number of nitrogens with zero attached hydrogens (tertiary/aromatic N) is 2. The molecule has 2 heterocycles. The van der Waals surface area contributed by atoms with Gasteiger partial charge in [0.1, 0.15) is 5.75 Å². The number of hydrogen-bond donors (Lipinski definition) is 2. The van der Waals surface area contributed by atoms with Gasteiger partial charge < -0.3 is 19.9 Å². The number of aromatic hydroxyl groups is 1. The van der Waals surface area contributed by atoms with Crippen molar-refractivity contribution in [2.75, 3.05) is 18.5 Å². The van der Waals surface area contributed by atoms with Crippen molar-refractivity contribution in [3.63, 3.8) is 0 Å². The summed E-state index contributed by atoms with van der Waals surface area (Å²) in [6.45, 7) is 6.46. The zero-order valence-corrected chi connectivity index (χ0v) is 25.7. The predicted octanol–water partition coefficient (Wildman–Crippen LogP) is 4.98. The Balaban J connectivity index is 1.66. The number of para-hydroxylation sites is 1. The van der Waals surface area contributed by atoms with Crippen LogP contribution in [0.3, 0.4) is 0 Å². The van der Waals surface area contributed by atoms with Gasteiger partial charge in [0, 0.05) is 5.69 Å².